The summed E-state index contributed by atoms with van der Waals surface area (Å²) in [5, 5.41) is 9.05. The van der Waals surface area contributed by atoms with Crippen LogP contribution in [0.15, 0.2) is 18.2 Å². The van der Waals surface area contributed by atoms with Gasteiger partial charge in [-0.05, 0) is 24.1 Å². The second-order valence-corrected chi connectivity index (χ2v) is 4.98. The summed E-state index contributed by atoms with van der Waals surface area (Å²) < 4.78 is 18.4. The van der Waals surface area contributed by atoms with Gasteiger partial charge in [0.1, 0.15) is 0 Å². The molecular weight excluding hydrogens is 265 g/mol. The number of amides is 1. The zero-order chi connectivity index (χ0) is 14.9. The minimum atomic E-state index is -0.909. The van der Waals surface area contributed by atoms with Crippen molar-refractivity contribution in [1.29, 1.82) is 0 Å². The van der Waals surface area contributed by atoms with E-state index in [4.69, 9.17) is 9.84 Å². The maximum absolute atomic E-state index is 13.6. The molecule has 20 heavy (non-hydrogen) atoms. The highest BCUT2D eigenvalue weighted by atomic mass is 19.1. The van der Waals surface area contributed by atoms with E-state index in [9.17, 15) is 14.0 Å². The van der Waals surface area contributed by atoms with Crippen molar-refractivity contribution >= 4 is 11.9 Å². The Morgan fingerprint density at radius 3 is 2.60 bits per heavy atom. The predicted octanol–water partition coefficient (Wildman–Crippen LogP) is 1.63. The van der Waals surface area contributed by atoms with Crippen molar-refractivity contribution in [2.75, 3.05) is 20.2 Å². The Bertz CT molecular complexity index is 546. The van der Waals surface area contributed by atoms with Gasteiger partial charge in [-0.1, -0.05) is 6.92 Å². The standard InChI is InChI=1S/C14H16FNO4/c1-8-6-16(7-10(8)14(18)19)13(17)9-3-4-12(20-2)11(15)5-9/h3-5,8,10H,6-7H2,1-2H3,(H,18,19). The molecular formula is C14H16FNO4. The van der Waals surface area contributed by atoms with Crippen LogP contribution in [0.5, 0.6) is 5.75 Å². The van der Waals surface area contributed by atoms with Crippen molar-refractivity contribution in [2.45, 2.75) is 6.92 Å². The van der Waals surface area contributed by atoms with E-state index in [1.54, 1.807) is 6.92 Å². The van der Waals surface area contributed by atoms with Gasteiger partial charge in [0.2, 0.25) is 0 Å². The van der Waals surface area contributed by atoms with Crippen LogP contribution in [-0.2, 0) is 4.79 Å². The molecule has 0 spiro atoms. The lowest BCUT2D eigenvalue weighted by molar-refractivity contribution is -0.142. The molecule has 1 aromatic carbocycles. The van der Waals surface area contributed by atoms with Gasteiger partial charge in [-0.2, -0.15) is 0 Å². The highest BCUT2D eigenvalue weighted by molar-refractivity contribution is 5.95. The van der Waals surface area contributed by atoms with Gasteiger partial charge >= 0.3 is 5.97 Å². The van der Waals surface area contributed by atoms with E-state index < -0.39 is 17.7 Å². The smallest absolute Gasteiger partial charge is 0.308 e. The first kappa shape index (κ1) is 14.3. The van der Waals surface area contributed by atoms with Crippen LogP contribution in [0.4, 0.5) is 4.39 Å². The Labute approximate surface area is 116 Å². The lowest BCUT2D eigenvalue weighted by atomic mass is 9.99. The molecule has 2 atom stereocenters. The van der Waals surface area contributed by atoms with Crippen LogP contribution >= 0.6 is 0 Å². The number of halogens is 1. The number of carboxylic acid groups (broad SMARTS) is 1. The summed E-state index contributed by atoms with van der Waals surface area (Å²) in [6, 6.07) is 3.97. The van der Waals surface area contributed by atoms with Crippen LogP contribution in [0.1, 0.15) is 17.3 Å². The minimum absolute atomic E-state index is 0.0692. The van der Waals surface area contributed by atoms with Gasteiger partial charge in [0.05, 0.1) is 13.0 Å². The number of nitrogens with zero attached hydrogens (tertiary/aromatic N) is 1. The quantitative estimate of drug-likeness (QED) is 0.914. The number of methoxy groups -OCH3 is 1. The summed E-state index contributed by atoms with van der Waals surface area (Å²) in [6.07, 6.45) is 0. The Morgan fingerprint density at radius 2 is 2.10 bits per heavy atom. The van der Waals surface area contributed by atoms with Crippen LogP contribution < -0.4 is 4.74 Å². The third kappa shape index (κ3) is 2.59. The Balaban J connectivity index is 2.16. The number of rotatable bonds is 3. The predicted molar refractivity (Wildman–Crippen MR) is 69.1 cm³/mol. The average molecular weight is 281 g/mol. The maximum Gasteiger partial charge on any atom is 0.308 e. The fourth-order valence-electron chi connectivity index (χ4n) is 2.44. The summed E-state index contributed by atoms with van der Waals surface area (Å²) in [4.78, 5) is 24.7. The number of carbonyl (C=O) groups excluding carboxylic acids is 1. The van der Waals surface area contributed by atoms with Crippen LogP contribution in [0.25, 0.3) is 0 Å². The number of carbonyl (C=O) groups is 2. The fraction of sp³-hybridized carbons (Fsp3) is 0.429. The Hall–Kier alpha value is -2.11. The summed E-state index contributed by atoms with van der Waals surface area (Å²) in [7, 11) is 1.35. The lowest BCUT2D eigenvalue weighted by Crippen LogP contribution is -2.30. The van der Waals surface area contributed by atoms with Crippen molar-refractivity contribution in [3.05, 3.63) is 29.6 Å². The first-order chi connectivity index (χ1) is 9.43. The molecule has 108 valence electrons. The Kier molecular flexibility index (Phi) is 3.92. The third-order valence-corrected chi connectivity index (χ3v) is 3.62. The number of likely N-dealkylation sites (tertiary alicyclic amines) is 1. The highest BCUT2D eigenvalue weighted by Crippen LogP contribution is 2.26. The number of benzene rings is 1. The molecule has 5 nitrogen and oxygen atoms in total. The molecule has 1 aliphatic heterocycles. The Morgan fingerprint density at radius 1 is 1.40 bits per heavy atom. The first-order valence-corrected chi connectivity index (χ1v) is 6.29. The van der Waals surface area contributed by atoms with Crippen molar-refractivity contribution in [1.82, 2.24) is 4.90 Å². The third-order valence-electron chi connectivity index (χ3n) is 3.62. The molecule has 2 rings (SSSR count). The average Bonchev–Trinajstić information content (AvgIpc) is 2.80. The van der Waals surface area contributed by atoms with Gasteiger partial charge in [-0.15, -0.1) is 0 Å². The number of ether oxygens (including phenoxy) is 1. The molecule has 0 bridgehead atoms. The molecule has 1 N–H and O–H groups in total. The van der Waals surface area contributed by atoms with Crippen LogP contribution in [0.2, 0.25) is 0 Å². The zero-order valence-corrected chi connectivity index (χ0v) is 11.3. The van der Waals surface area contributed by atoms with Gasteiger partial charge in [-0.25, -0.2) is 4.39 Å². The number of carboxylic acids is 1. The van der Waals surface area contributed by atoms with E-state index in [0.717, 1.165) is 6.07 Å². The van der Waals surface area contributed by atoms with E-state index in [-0.39, 0.29) is 29.7 Å². The van der Waals surface area contributed by atoms with Gasteiger partial charge in [0, 0.05) is 18.7 Å². The molecule has 1 amide bonds. The second kappa shape index (κ2) is 5.48. The van der Waals surface area contributed by atoms with Crippen molar-refractivity contribution in [3.8, 4) is 5.75 Å². The fourth-order valence-corrected chi connectivity index (χ4v) is 2.44. The summed E-state index contributed by atoms with van der Waals surface area (Å²) >= 11 is 0. The molecule has 1 fully saturated rings. The number of aliphatic carboxylic acids is 1. The van der Waals surface area contributed by atoms with E-state index in [1.165, 1.54) is 24.1 Å². The molecule has 0 saturated carbocycles. The van der Waals surface area contributed by atoms with Crippen molar-refractivity contribution in [3.63, 3.8) is 0 Å². The van der Waals surface area contributed by atoms with E-state index in [1.807, 2.05) is 0 Å². The highest BCUT2D eigenvalue weighted by Gasteiger charge is 2.37. The van der Waals surface area contributed by atoms with Gasteiger partial charge in [-0.3, -0.25) is 9.59 Å². The molecule has 6 heteroatoms. The molecule has 0 aliphatic carbocycles. The molecule has 1 aromatic rings. The zero-order valence-electron chi connectivity index (χ0n) is 11.3. The summed E-state index contributed by atoms with van der Waals surface area (Å²) in [5.74, 6) is -2.49. The first-order valence-electron chi connectivity index (χ1n) is 6.29. The molecule has 0 radical (unpaired) electrons. The summed E-state index contributed by atoms with van der Waals surface area (Å²) in [5.41, 5.74) is 0.196. The molecule has 1 heterocycles. The van der Waals surface area contributed by atoms with Crippen molar-refractivity contribution < 1.29 is 23.8 Å². The maximum atomic E-state index is 13.6. The van der Waals surface area contributed by atoms with Crippen LogP contribution in [0.3, 0.4) is 0 Å². The topological polar surface area (TPSA) is 66.8 Å². The number of hydrogen-bond donors (Lipinski definition) is 1. The normalized spacial score (nSPS) is 21.9. The van der Waals surface area contributed by atoms with Crippen LogP contribution in [-0.4, -0.2) is 42.1 Å². The number of hydrogen-bond acceptors (Lipinski definition) is 3. The minimum Gasteiger partial charge on any atom is -0.494 e. The van der Waals surface area contributed by atoms with Gasteiger partial charge in [0.15, 0.2) is 11.6 Å². The molecule has 0 aromatic heterocycles. The summed E-state index contributed by atoms with van der Waals surface area (Å²) in [6.45, 7) is 2.31. The second-order valence-electron chi connectivity index (χ2n) is 4.98. The largest absolute Gasteiger partial charge is 0.494 e. The lowest BCUT2D eigenvalue weighted by Gasteiger charge is -2.16. The van der Waals surface area contributed by atoms with Gasteiger partial charge in [0.25, 0.3) is 5.91 Å². The van der Waals surface area contributed by atoms with E-state index in [2.05, 4.69) is 0 Å². The molecule has 1 saturated heterocycles. The van der Waals surface area contributed by atoms with Crippen molar-refractivity contribution in [2.24, 2.45) is 11.8 Å². The molecule has 2 unspecified atom stereocenters. The van der Waals surface area contributed by atoms with Crippen LogP contribution in [0, 0.1) is 17.7 Å². The SMILES string of the molecule is COc1ccc(C(=O)N2CC(C)C(C(=O)O)C2)cc1F. The monoisotopic (exact) mass is 281 g/mol. The van der Waals surface area contributed by atoms with Gasteiger partial charge < -0.3 is 14.7 Å². The van der Waals surface area contributed by atoms with E-state index in [0.29, 0.717) is 6.54 Å². The molecule has 1 aliphatic rings. The van der Waals surface area contributed by atoms with E-state index >= 15 is 0 Å².